The fourth-order valence-corrected chi connectivity index (χ4v) is 4.69. The first-order chi connectivity index (χ1) is 15.2. The largest absolute Gasteiger partial charge is 0.497 e. The first-order valence-corrected chi connectivity index (χ1v) is 11.0. The van der Waals surface area contributed by atoms with Crippen molar-refractivity contribution >= 4 is 16.8 Å². The first-order valence-electron chi connectivity index (χ1n) is 11.0. The second kappa shape index (κ2) is 8.36. The van der Waals surface area contributed by atoms with Crippen molar-refractivity contribution in [1.82, 2.24) is 15.2 Å². The van der Waals surface area contributed by atoms with Crippen LogP contribution in [0.25, 0.3) is 10.9 Å². The molecule has 1 amide bonds. The maximum Gasteiger partial charge on any atom is 0.234 e. The quantitative estimate of drug-likeness (QED) is 0.617. The Morgan fingerprint density at radius 1 is 1.23 bits per heavy atom. The van der Waals surface area contributed by atoms with E-state index in [0.717, 1.165) is 42.8 Å². The molecule has 1 unspecified atom stereocenters. The molecular formula is C25H29N3O3. The molecule has 1 aliphatic carbocycles. The highest BCUT2D eigenvalue weighted by Gasteiger charge is 2.50. The Balaban J connectivity index is 1.35. The van der Waals surface area contributed by atoms with Gasteiger partial charge in [-0.1, -0.05) is 30.3 Å². The smallest absolute Gasteiger partial charge is 0.234 e. The highest BCUT2D eigenvalue weighted by molar-refractivity contribution is 5.84. The van der Waals surface area contributed by atoms with Crippen LogP contribution in [0, 0.1) is 0 Å². The number of carbonyl (C=O) groups excluding carboxylic acids is 1. The molecule has 1 saturated heterocycles. The molecule has 0 bridgehead atoms. The van der Waals surface area contributed by atoms with Gasteiger partial charge in [-0.2, -0.15) is 0 Å². The van der Waals surface area contributed by atoms with Crippen LogP contribution in [0.15, 0.2) is 54.7 Å². The number of aromatic nitrogens is 1. The molecule has 1 spiro atoms. The Morgan fingerprint density at radius 3 is 2.81 bits per heavy atom. The lowest BCUT2D eigenvalue weighted by Gasteiger charge is -2.35. The summed E-state index contributed by atoms with van der Waals surface area (Å²) in [7, 11) is 1.67. The van der Waals surface area contributed by atoms with Gasteiger partial charge in [0.1, 0.15) is 5.75 Å². The average Bonchev–Trinajstić information content (AvgIpc) is 3.45. The fourth-order valence-electron chi connectivity index (χ4n) is 4.69. The Morgan fingerprint density at radius 2 is 2.03 bits per heavy atom. The van der Waals surface area contributed by atoms with Crippen molar-refractivity contribution in [2.45, 2.75) is 24.3 Å². The summed E-state index contributed by atoms with van der Waals surface area (Å²) in [6.07, 6.45) is 4.32. The van der Waals surface area contributed by atoms with Crippen LogP contribution in [0.4, 0.5) is 0 Å². The summed E-state index contributed by atoms with van der Waals surface area (Å²) in [6.45, 7) is 3.28. The molecule has 162 valence electrons. The molecule has 1 aromatic heterocycles. The van der Waals surface area contributed by atoms with Crippen LogP contribution in [0.3, 0.4) is 0 Å². The highest BCUT2D eigenvalue weighted by atomic mass is 16.5. The summed E-state index contributed by atoms with van der Waals surface area (Å²) in [5.74, 6) is 0.949. The van der Waals surface area contributed by atoms with Crippen LogP contribution in [-0.4, -0.2) is 61.3 Å². The minimum absolute atomic E-state index is 0.0468. The topological polar surface area (TPSA) is 66.6 Å². The first kappa shape index (κ1) is 20.1. The molecule has 31 heavy (non-hydrogen) atoms. The van der Waals surface area contributed by atoms with E-state index in [1.807, 2.05) is 18.2 Å². The molecule has 3 aromatic rings. The molecule has 6 heteroatoms. The number of morpholine rings is 1. The summed E-state index contributed by atoms with van der Waals surface area (Å²) in [4.78, 5) is 18.6. The standard InChI is InChI=1S/C25H29N3O3/c1-30-19-8-6-18(7-9-19)21(22-15-26-23-5-3-2-4-20(22)23)14-27-24(29)16-28-12-13-31-17-25(28)10-11-25/h2-9,15,21,26H,10-14,16-17H2,1H3,(H,27,29). The molecule has 2 aliphatic rings. The normalized spacial score (nSPS) is 18.7. The number of carbonyl (C=O) groups is 1. The Bertz CT molecular complexity index is 1060. The lowest BCUT2D eigenvalue weighted by molar-refractivity contribution is -0.125. The molecule has 5 rings (SSSR count). The predicted octanol–water partition coefficient (Wildman–Crippen LogP) is 3.29. The van der Waals surface area contributed by atoms with Crippen LogP contribution < -0.4 is 10.1 Å². The number of benzene rings is 2. The third-order valence-electron chi connectivity index (χ3n) is 6.73. The van der Waals surface area contributed by atoms with Crippen molar-refractivity contribution < 1.29 is 14.3 Å². The Labute approximate surface area is 182 Å². The summed E-state index contributed by atoms with van der Waals surface area (Å²) in [5.41, 5.74) is 3.55. The van der Waals surface area contributed by atoms with E-state index in [1.165, 1.54) is 10.9 Å². The third-order valence-corrected chi connectivity index (χ3v) is 6.73. The van der Waals surface area contributed by atoms with Gasteiger partial charge in [-0.15, -0.1) is 0 Å². The summed E-state index contributed by atoms with van der Waals surface area (Å²) in [6, 6.07) is 16.4. The summed E-state index contributed by atoms with van der Waals surface area (Å²) < 4.78 is 11.0. The fraction of sp³-hybridized carbons (Fsp3) is 0.400. The number of hydrogen-bond donors (Lipinski definition) is 2. The minimum atomic E-state index is 0.0468. The number of nitrogens with one attached hydrogen (secondary N) is 2. The van der Waals surface area contributed by atoms with Gasteiger partial charge >= 0.3 is 0 Å². The number of methoxy groups -OCH3 is 1. The van der Waals surface area contributed by atoms with Gasteiger partial charge in [-0.3, -0.25) is 9.69 Å². The zero-order valence-corrected chi connectivity index (χ0v) is 17.9. The van der Waals surface area contributed by atoms with Crippen LogP contribution in [0.2, 0.25) is 0 Å². The van der Waals surface area contributed by atoms with E-state index in [2.05, 4.69) is 51.7 Å². The van der Waals surface area contributed by atoms with E-state index in [4.69, 9.17) is 9.47 Å². The van der Waals surface area contributed by atoms with Gasteiger partial charge in [0.15, 0.2) is 0 Å². The Hall–Kier alpha value is -2.83. The van der Waals surface area contributed by atoms with Gasteiger partial charge in [-0.05, 0) is 42.2 Å². The van der Waals surface area contributed by atoms with Crippen LogP contribution >= 0.6 is 0 Å². The number of fused-ring (bicyclic) bond motifs is 1. The molecular weight excluding hydrogens is 390 g/mol. The molecule has 1 aliphatic heterocycles. The SMILES string of the molecule is COc1ccc(C(CNC(=O)CN2CCOCC23CC3)c2c[nH]c3ccccc23)cc1. The van der Waals surface area contributed by atoms with Crippen LogP contribution in [0.1, 0.15) is 29.9 Å². The van der Waals surface area contributed by atoms with E-state index >= 15 is 0 Å². The number of aromatic amines is 1. The number of hydrogen-bond acceptors (Lipinski definition) is 4. The molecule has 1 atom stereocenters. The molecule has 0 radical (unpaired) electrons. The van der Waals surface area contributed by atoms with E-state index < -0.39 is 0 Å². The lowest BCUT2D eigenvalue weighted by Crippen LogP contribution is -2.51. The molecule has 1 saturated carbocycles. The summed E-state index contributed by atoms with van der Waals surface area (Å²) >= 11 is 0. The van der Waals surface area contributed by atoms with E-state index in [9.17, 15) is 4.79 Å². The molecule has 2 N–H and O–H groups in total. The average molecular weight is 420 g/mol. The number of nitrogens with zero attached hydrogens (tertiary/aromatic N) is 1. The maximum atomic E-state index is 12.9. The third kappa shape index (κ3) is 4.05. The van der Waals surface area contributed by atoms with Crippen molar-refractivity contribution in [2.75, 3.05) is 40.0 Å². The second-order valence-electron chi connectivity index (χ2n) is 8.62. The van der Waals surface area contributed by atoms with Gasteiger partial charge in [0.2, 0.25) is 5.91 Å². The zero-order valence-electron chi connectivity index (χ0n) is 17.9. The van der Waals surface area contributed by atoms with E-state index in [0.29, 0.717) is 19.7 Å². The predicted molar refractivity (Wildman–Crippen MR) is 121 cm³/mol. The van der Waals surface area contributed by atoms with Gasteiger partial charge in [0.25, 0.3) is 0 Å². The van der Waals surface area contributed by atoms with Gasteiger partial charge in [0.05, 0.1) is 26.9 Å². The zero-order chi connectivity index (χ0) is 21.3. The monoisotopic (exact) mass is 419 g/mol. The minimum Gasteiger partial charge on any atom is -0.497 e. The summed E-state index contributed by atoms with van der Waals surface area (Å²) in [5, 5.41) is 4.39. The van der Waals surface area contributed by atoms with Crippen molar-refractivity contribution in [2.24, 2.45) is 0 Å². The molecule has 6 nitrogen and oxygen atoms in total. The van der Waals surface area contributed by atoms with Gasteiger partial charge in [0, 0.05) is 41.6 Å². The second-order valence-corrected chi connectivity index (χ2v) is 8.62. The maximum absolute atomic E-state index is 12.9. The van der Waals surface area contributed by atoms with Crippen LogP contribution in [0.5, 0.6) is 5.75 Å². The Kier molecular flexibility index (Phi) is 5.42. The molecule has 2 fully saturated rings. The molecule has 2 aromatic carbocycles. The number of para-hydroxylation sites is 1. The number of rotatable bonds is 7. The van der Waals surface area contributed by atoms with Gasteiger partial charge in [-0.25, -0.2) is 0 Å². The van der Waals surface area contributed by atoms with Crippen molar-refractivity contribution in [3.05, 3.63) is 65.9 Å². The molecule has 2 heterocycles. The number of H-pyrrole nitrogens is 1. The lowest BCUT2D eigenvalue weighted by atomic mass is 9.90. The van der Waals surface area contributed by atoms with Crippen LogP contribution in [-0.2, 0) is 9.53 Å². The number of amides is 1. The van der Waals surface area contributed by atoms with Gasteiger partial charge < -0.3 is 19.8 Å². The van der Waals surface area contributed by atoms with E-state index in [-0.39, 0.29) is 17.4 Å². The van der Waals surface area contributed by atoms with E-state index in [1.54, 1.807) is 7.11 Å². The van der Waals surface area contributed by atoms with Crippen molar-refractivity contribution in [3.8, 4) is 5.75 Å². The highest BCUT2D eigenvalue weighted by Crippen LogP contribution is 2.43. The number of ether oxygens (including phenoxy) is 2. The van der Waals surface area contributed by atoms with Crippen molar-refractivity contribution in [3.63, 3.8) is 0 Å². The van der Waals surface area contributed by atoms with Crippen molar-refractivity contribution in [1.29, 1.82) is 0 Å².